The van der Waals surface area contributed by atoms with Gasteiger partial charge in [-0.1, -0.05) is 65.8 Å². The molecule has 1 aromatic heterocycles. The molecule has 0 radical (unpaired) electrons. The summed E-state index contributed by atoms with van der Waals surface area (Å²) in [6.07, 6.45) is -0.480. The van der Waals surface area contributed by atoms with Gasteiger partial charge in [-0.05, 0) is 17.4 Å². The molecule has 144 valence electrons. The van der Waals surface area contributed by atoms with Crippen molar-refractivity contribution in [2.24, 2.45) is 11.3 Å². The average Bonchev–Trinajstić information content (AvgIpc) is 2.97. The van der Waals surface area contributed by atoms with Crippen molar-refractivity contribution in [2.45, 2.75) is 18.6 Å². The van der Waals surface area contributed by atoms with Gasteiger partial charge in [-0.25, -0.2) is 0 Å². The van der Waals surface area contributed by atoms with Crippen LogP contribution in [0.5, 0.6) is 0 Å². The molecule has 2 heterocycles. The summed E-state index contributed by atoms with van der Waals surface area (Å²) in [6.45, 7) is 1.84. The number of aromatic nitrogens is 2. The monoisotopic (exact) mass is 377 g/mol. The first-order chi connectivity index (χ1) is 13.7. The molecule has 3 aromatic rings. The van der Waals surface area contributed by atoms with Gasteiger partial charge in [0.25, 0.3) is 0 Å². The van der Waals surface area contributed by atoms with Crippen molar-refractivity contribution in [1.82, 2.24) is 15.0 Å². The van der Waals surface area contributed by atoms with Crippen molar-refractivity contribution in [2.75, 3.05) is 19.7 Å². The van der Waals surface area contributed by atoms with Crippen LogP contribution in [-0.4, -0.2) is 51.1 Å². The first kappa shape index (κ1) is 17.6. The molecular formula is C22H23N3O3. The Balaban J connectivity index is 1.32. The fraction of sp³-hybridized carbons (Fsp3) is 0.364. The molecule has 5 rings (SSSR count). The number of hydrogen-bond donors (Lipinski definition) is 2. The van der Waals surface area contributed by atoms with Crippen molar-refractivity contribution < 1.29 is 14.7 Å². The molecule has 2 fully saturated rings. The summed E-state index contributed by atoms with van der Waals surface area (Å²) in [5.41, 5.74) is 1.81. The number of hydrogen-bond acceptors (Lipinski definition) is 6. The van der Waals surface area contributed by atoms with E-state index in [2.05, 4.69) is 27.2 Å². The molecule has 0 bridgehead atoms. The number of β-amino-alcohol motifs (C(OH)–C–C–N with tert-alkyl or cyclic N) is 1. The third-order valence-corrected chi connectivity index (χ3v) is 6.33. The van der Waals surface area contributed by atoms with Gasteiger partial charge >= 0.3 is 0 Å². The normalized spacial score (nSPS) is 29.4. The fourth-order valence-electron chi connectivity index (χ4n) is 5.00. The second kappa shape index (κ2) is 6.81. The third-order valence-electron chi connectivity index (χ3n) is 6.33. The Morgan fingerprint density at radius 3 is 2.50 bits per heavy atom. The van der Waals surface area contributed by atoms with Crippen LogP contribution < -0.4 is 0 Å². The molecule has 2 N–H and O–H groups in total. The van der Waals surface area contributed by atoms with Gasteiger partial charge in [-0.2, -0.15) is 4.98 Å². The molecule has 6 nitrogen and oxygen atoms in total. The molecule has 6 heteroatoms. The molecule has 28 heavy (non-hydrogen) atoms. The van der Waals surface area contributed by atoms with Crippen molar-refractivity contribution in [3.05, 3.63) is 72.1 Å². The van der Waals surface area contributed by atoms with E-state index >= 15 is 0 Å². The van der Waals surface area contributed by atoms with Crippen LogP contribution in [0.15, 0.2) is 65.2 Å². The second-order valence-corrected chi connectivity index (χ2v) is 7.85. The maximum atomic E-state index is 10.9. The molecule has 1 saturated heterocycles. The Labute approximate surface area is 163 Å². The molecule has 0 amide bonds. The van der Waals surface area contributed by atoms with Crippen LogP contribution in [0.2, 0.25) is 0 Å². The molecule has 4 atom stereocenters. The first-order valence-corrected chi connectivity index (χ1v) is 9.66. The van der Waals surface area contributed by atoms with E-state index in [1.807, 2.05) is 48.5 Å². The van der Waals surface area contributed by atoms with Crippen LogP contribution >= 0.6 is 0 Å². The average molecular weight is 377 g/mol. The van der Waals surface area contributed by atoms with Gasteiger partial charge in [-0.15, -0.1) is 0 Å². The van der Waals surface area contributed by atoms with E-state index in [4.69, 9.17) is 4.52 Å². The van der Waals surface area contributed by atoms with Gasteiger partial charge in [0.05, 0.1) is 12.6 Å². The van der Waals surface area contributed by atoms with E-state index in [1.165, 1.54) is 5.56 Å². The zero-order chi connectivity index (χ0) is 19.1. The maximum absolute atomic E-state index is 10.9. The van der Waals surface area contributed by atoms with Crippen LogP contribution in [0, 0.1) is 11.3 Å². The topological polar surface area (TPSA) is 82.6 Å². The molecule has 0 unspecified atom stereocenters. The number of aliphatic hydroxyl groups is 2. The number of nitrogens with zero attached hydrogens (tertiary/aromatic N) is 3. The van der Waals surface area contributed by atoms with E-state index in [-0.39, 0.29) is 23.9 Å². The third kappa shape index (κ3) is 2.76. The molecule has 2 aromatic carbocycles. The summed E-state index contributed by atoms with van der Waals surface area (Å²) in [7, 11) is 0. The van der Waals surface area contributed by atoms with Gasteiger partial charge in [0.15, 0.2) is 0 Å². The Hall–Kier alpha value is -2.54. The minimum absolute atomic E-state index is 0.0810. The summed E-state index contributed by atoms with van der Waals surface area (Å²) in [5.74, 6) is 1.38. The minimum Gasteiger partial charge on any atom is -0.396 e. The van der Waals surface area contributed by atoms with Crippen LogP contribution in [0.25, 0.3) is 11.4 Å². The highest BCUT2D eigenvalue weighted by Gasteiger charge is 2.70. The maximum Gasteiger partial charge on any atom is 0.241 e. The number of benzene rings is 2. The highest BCUT2D eigenvalue weighted by molar-refractivity contribution is 5.53. The van der Waals surface area contributed by atoms with E-state index < -0.39 is 6.10 Å². The van der Waals surface area contributed by atoms with Crippen molar-refractivity contribution in [1.29, 1.82) is 0 Å². The Morgan fingerprint density at radius 1 is 1.07 bits per heavy atom. The lowest BCUT2D eigenvalue weighted by molar-refractivity contribution is 0.111. The predicted molar refractivity (Wildman–Crippen MR) is 103 cm³/mol. The summed E-state index contributed by atoms with van der Waals surface area (Å²) < 4.78 is 5.44. The summed E-state index contributed by atoms with van der Waals surface area (Å²) in [4.78, 5) is 6.65. The lowest BCUT2D eigenvalue weighted by Crippen LogP contribution is -2.23. The van der Waals surface area contributed by atoms with Gasteiger partial charge < -0.3 is 14.7 Å². The summed E-state index contributed by atoms with van der Waals surface area (Å²) in [5, 5.41) is 24.9. The van der Waals surface area contributed by atoms with E-state index in [0.717, 1.165) is 5.56 Å². The zero-order valence-corrected chi connectivity index (χ0v) is 15.5. The molecule has 1 spiro atoms. The molecule has 1 aliphatic heterocycles. The second-order valence-electron chi connectivity index (χ2n) is 7.85. The number of likely N-dealkylation sites (tertiary alicyclic amines) is 1. The largest absolute Gasteiger partial charge is 0.396 e. The molecule has 1 aliphatic carbocycles. The van der Waals surface area contributed by atoms with Crippen molar-refractivity contribution >= 4 is 0 Å². The van der Waals surface area contributed by atoms with Gasteiger partial charge in [0.1, 0.15) is 0 Å². The van der Waals surface area contributed by atoms with Gasteiger partial charge in [0.2, 0.25) is 11.7 Å². The van der Waals surface area contributed by atoms with Crippen molar-refractivity contribution in [3.63, 3.8) is 0 Å². The predicted octanol–water partition coefficient (Wildman–Crippen LogP) is 2.31. The summed E-state index contributed by atoms with van der Waals surface area (Å²) >= 11 is 0. The number of rotatable bonds is 5. The van der Waals surface area contributed by atoms with Crippen LogP contribution in [0.1, 0.15) is 17.4 Å². The first-order valence-electron chi connectivity index (χ1n) is 9.66. The zero-order valence-electron chi connectivity index (χ0n) is 15.5. The van der Waals surface area contributed by atoms with Gasteiger partial charge in [0, 0.05) is 30.7 Å². The van der Waals surface area contributed by atoms with Crippen LogP contribution in [0.3, 0.4) is 0 Å². The Morgan fingerprint density at radius 2 is 1.79 bits per heavy atom. The van der Waals surface area contributed by atoms with Crippen molar-refractivity contribution in [3.8, 4) is 11.4 Å². The number of aliphatic hydroxyl groups excluding tert-OH is 2. The van der Waals surface area contributed by atoms with Crippen LogP contribution in [-0.2, 0) is 6.54 Å². The SMILES string of the molecule is OC[C@@H]1[C@@H](c2ccccc2)[C@]12CN(Cc1nc(-c3ccccc3)no1)C[C@H]2O. The minimum atomic E-state index is -0.480. The smallest absolute Gasteiger partial charge is 0.241 e. The van der Waals surface area contributed by atoms with E-state index in [1.54, 1.807) is 0 Å². The quantitative estimate of drug-likeness (QED) is 0.710. The highest BCUT2D eigenvalue weighted by Crippen LogP contribution is 2.68. The molecule has 1 saturated carbocycles. The Bertz CT molecular complexity index is 946. The molecular weight excluding hydrogens is 354 g/mol. The molecule has 2 aliphatic rings. The lowest BCUT2D eigenvalue weighted by atomic mass is 9.95. The van der Waals surface area contributed by atoms with Crippen LogP contribution in [0.4, 0.5) is 0 Å². The van der Waals surface area contributed by atoms with E-state index in [9.17, 15) is 10.2 Å². The standard InChI is InChI=1S/C22H23N3O3/c26-13-17-20(15-7-3-1-4-8-15)22(17)14-25(11-18(22)27)12-19-23-21(24-28-19)16-9-5-2-6-10-16/h1-10,17-18,20,26-27H,11-14H2/t17-,18-,20-,22-/m1/s1. The highest BCUT2D eigenvalue weighted by atomic mass is 16.5. The van der Waals surface area contributed by atoms with Gasteiger partial charge in [-0.3, -0.25) is 4.90 Å². The summed E-state index contributed by atoms with van der Waals surface area (Å²) in [6, 6.07) is 19.9. The fourth-order valence-corrected chi connectivity index (χ4v) is 5.00. The Kier molecular flexibility index (Phi) is 4.27. The lowest BCUT2D eigenvalue weighted by Gasteiger charge is -2.15. The van der Waals surface area contributed by atoms with E-state index in [0.29, 0.717) is 31.3 Å².